The summed E-state index contributed by atoms with van der Waals surface area (Å²) in [6.07, 6.45) is -0.977. The zero-order valence-electron chi connectivity index (χ0n) is 17.3. The van der Waals surface area contributed by atoms with E-state index in [2.05, 4.69) is 10.1 Å². The molecule has 168 valence electrons. The molecule has 32 heavy (non-hydrogen) atoms. The van der Waals surface area contributed by atoms with Crippen molar-refractivity contribution >= 4 is 5.91 Å². The monoisotopic (exact) mass is 444 g/mol. The number of carbonyl (C=O) groups excluding carboxylic acids is 1. The van der Waals surface area contributed by atoms with Crippen LogP contribution in [0.25, 0.3) is 0 Å². The second-order valence-corrected chi connectivity index (χ2v) is 7.60. The van der Waals surface area contributed by atoms with E-state index in [1.54, 1.807) is 46.1 Å². The van der Waals surface area contributed by atoms with Gasteiger partial charge in [-0.3, -0.25) is 14.5 Å². The van der Waals surface area contributed by atoms with Crippen LogP contribution in [0.2, 0.25) is 0 Å². The molecule has 0 spiro atoms. The Morgan fingerprint density at radius 2 is 1.97 bits per heavy atom. The summed E-state index contributed by atoms with van der Waals surface area (Å²) in [7, 11) is 0. The van der Waals surface area contributed by atoms with E-state index in [0.717, 1.165) is 6.07 Å². The predicted octanol–water partition coefficient (Wildman–Crippen LogP) is 3.88. The fraction of sp³-hybridized carbons (Fsp3) is 0.348. The summed E-state index contributed by atoms with van der Waals surface area (Å²) in [5, 5.41) is 4.10. The number of hydrogen-bond donors (Lipinski definition) is 0. The number of ether oxygens (including phenoxy) is 1. The highest BCUT2D eigenvalue weighted by Crippen LogP contribution is 2.33. The van der Waals surface area contributed by atoms with Crippen LogP contribution in [0.3, 0.4) is 0 Å². The second-order valence-electron chi connectivity index (χ2n) is 7.60. The number of aromatic nitrogens is 3. The SMILES string of the molecule is O=C(CCn1cccn1)N1CCO[C@H](c2cccc(Cc3ccccc3C(F)(F)F)n2)C1. The Bertz CT molecular complexity index is 1050. The predicted molar refractivity (Wildman–Crippen MR) is 111 cm³/mol. The third kappa shape index (κ3) is 5.34. The molecule has 0 radical (unpaired) electrons. The molecule has 0 bridgehead atoms. The molecule has 0 N–H and O–H groups in total. The molecule has 1 aromatic carbocycles. The van der Waals surface area contributed by atoms with Crippen molar-refractivity contribution in [1.29, 1.82) is 0 Å². The summed E-state index contributed by atoms with van der Waals surface area (Å²) in [6, 6.07) is 12.6. The van der Waals surface area contributed by atoms with Crippen molar-refractivity contribution in [3.63, 3.8) is 0 Å². The number of nitrogens with zero attached hydrogens (tertiary/aromatic N) is 4. The number of alkyl halides is 3. The lowest BCUT2D eigenvalue weighted by atomic mass is 10.0. The van der Waals surface area contributed by atoms with Crippen molar-refractivity contribution in [2.45, 2.75) is 31.7 Å². The first-order valence-electron chi connectivity index (χ1n) is 10.4. The molecule has 2 aromatic heterocycles. The lowest BCUT2D eigenvalue weighted by Crippen LogP contribution is -2.42. The molecule has 6 nitrogen and oxygen atoms in total. The van der Waals surface area contributed by atoms with Crippen LogP contribution < -0.4 is 0 Å². The summed E-state index contributed by atoms with van der Waals surface area (Å²) in [6.45, 7) is 1.72. The molecule has 1 aliphatic rings. The summed E-state index contributed by atoms with van der Waals surface area (Å²) in [5.41, 5.74) is 0.640. The van der Waals surface area contributed by atoms with E-state index >= 15 is 0 Å². The molecule has 1 atom stereocenters. The largest absolute Gasteiger partial charge is 0.416 e. The van der Waals surface area contributed by atoms with E-state index < -0.39 is 17.8 Å². The number of benzene rings is 1. The van der Waals surface area contributed by atoms with Gasteiger partial charge >= 0.3 is 6.18 Å². The first-order chi connectivity index (χ1) is 15.4. The Morgan fingerprint density at radius 3 is 2.75 bits per heavy atom. The van der Waals surface area contributed by atoms with Crippen LogP contribution in [-0.2, 0) is 28.7 Å². The smallest absolute Gasteiger partial charge is 0.368 e. The average molecular weight is 444 g/mol. The van der Waals surface area contributed by atoms with E-state index in [0.29, 0.717) is 44.0 Å². The lowest BCUT2D eigenvalue weighted by Gasteiger charge is -2.33. The molecule has 0 saturated carbocycles. The molecule has 1 aliphatic heterocycles. The first-order valence-corrected chi connectivity index (χ1v) is 10.4. The van der Waals surface area contributed by atoms with Gasteiger partial charge in [0, 0.05) is 44.0 Å². The van der Waals surface area contributed by atoms with Crippen molar-refractivity contribution in [2.75, 3.05) is 19.7 Å². The minimum atomic E-state index is -4.42. The van der Waals surface area contributed by atoms with Gasteiger partial charge in [0.1, 0.15) is 6.10 Å². The topological polar surface area (TPSA) is 60.2 Å². The minimum Gasteiger partial charge on any atom is -0.368 e. The van der Waals surface area contributed by atoms with E-state index in [-0.39, 0.29) is 17.9 Å². The zero-order valence-corrected chi connectivity index (χ0v) is 17.3. The van der Waals surface area contributed by atoms with Gasteiger partial charge < -0.3 is 9.64 Å². The number of amides is 1. The van der Waals surface area contributed by atoms with Gasteiger partial charge in [-0.2, -0.15) is 18.3 Å². The maximum atomic E-state index is 13.3. The number of carbonyl (C=O) groups is 1. The maximum Gasteiger partial charge on any atom is 0.416 e. The highest BCUT2D eigenvalue weighted by Gasteiger charge is 2.33. The van der Waals surface area contributed by atoms with E-state index in [9.17, 15) is 18.0 Å². The molecule has 3 aromatic rings. The number of aryl methyl sites for hydroxylation is 1. The van der Waals surface area contributed by atoms with Gasteiger partial charge in [-0.15, -0.1) is 0 Å². The zero-order chi connectivity index (χ0) is 22.6. The molecule has 9 heteroatoms. The average Bonchev–Trinajstić information content (AvgIpc) is 3.31. The number of rotatable bonds is 6. The van der Waals surface area contributed by atoms with Gasteiger partial charge in [0.15, 0.2) is 0 Å². The minimum absolute atomic E-state index is 0.00376. The van der Waals surface area contributed by atoms with Crippen molar-refractivity contribution < 1.29 is 22.7 Å². The Morgan fingerprint density at radius 1 is 1.12 bits per heavy atom. The van der Waals surface area contributed by atoms with Gasteiger partial charge in [0.05, 0.1) is 24.4 Å². The molecule has 4 rings (SSSR count). The molecular weight excluding hydrogens is 421 g/mol. The third-order valence-electron chi connectivity index (χ3n) is 5.39. The van der Waals surface area contributed by atoms with Crippen LogP contribution in [0.1, 0.15) is 35.0 Å². The molecule has 1 saturated heterocycles. The molecular formula is C23H23F3N4O2. The maximum absolute atomic E-state index is 13.3. The second kappa shape index (κ2) is 9.52. The van der Waals surface area contributed by atoms with E-state index in [1.807, 2.05) is 6.20 Å². The van der Waals surface area contributed by atoms with Crippen molar-refractivity contribution in [3.8, 4) is 0 Å². The number of halogens is 3. The van der Waals surface area contributed by atoms with Gasteiger partial charge in [-0.25, -0.2) is 0 Å². The first kappa shape index (κ1) is 22.0. The summed E-state index contributed by atoms with van der Waals surface area (Å²) >= 11 is 0. The molecule has 1 amide bonds. The molecule has 0 aliphatic carbocycles. The van der Waals surface area contributed by atoms with E-state index in [1.165, 1.54) is 12.1 Å². The van der Waals surface area contributed by atoms with Crippen molar-refractivity contribution in [1.82, 2.24) is 19.7 Å². The van der Waals surface area contributed by atoms with Crippen LogP contribution in [0, 0.1) is 0 Å². The van der Waals surface area contributed by atoms with Gasteiger partial charge in [-0.1, -0.05) is 24.3 Å². The Balaban J connectivity index is 1.43. The number of morpholine rings is 1. The van der Waals surface area contributed by atoms with Crippen molar-refractivity contribution in [3.05, 3.63) is 83.4 Å². The fourth-order valence-corrected chi connectivity index (χ4v) is 3.78. The summed E-state index contributed by atoms with van der Waals surface area (Å²) in [5.74, 6) is 0.00376. The van der Waals surface area contributed by atoms with Crippen LogP contribution in [0.4, 0.5) is 13.2 Å². The quantitative estimate of drug-likeness (QED) is 0.579. The van der Waals surface area contributed by atoms with Crippen LogP contribution in [0.5, 0.6) is 0 Å². The standard InChI is InChI=1S/C23H23F3N4O2/c24-23(25,26)19-7-2-1-5-17(19)15-18-6-3-8-20(28-18)21-16-29(13-14-32-21)22(31)9-12-30-11-4-10-27-30/h1-8,10-11,21H,9,12-16H2/t21-/m0/s1. The van der Waals surface area contributed by atoms with Gasteiger partial charge in [0.25, 0.3) is 0 Å². The van der Waals surface area contributed by atoms with Crippen molar-refractivity contribution in [2.24, 2.45) is 0 Å². The number of hydrogen-bond acceptors (Lipinski definition) is 4. The summed E-state index contributed by atoms with van der Waals surface area (Å²) < 4.78 is 47.5. The molecule has 1 fully saturated rings. The Labute approximate surface area is 183 Å². The molecule has 3 heterocycles. The van der Waals surface area contributed by atoms with Crippen LogP contribution in [-0.4, -0.2) is 45.3 Å². The normalized spacial score (nSPS) is 16.8. The summed E-state index contributed by atoms with van der Waals surface area (Å²) in [4.78, 5) is 18.9. The van der Waals surface area contributed by atoms with Crippen LogP contribution in [0.15, 0.2) is 60.9 Å². The molecule has 0 unspecified atom stereocenters. The van der Waals surface area contributed by atoms with Crippen LogP contribution >= 0.6 is 0 Å². The van der Waals surface area contributed by atoms with Gasteiger partial charge in [-0.05, 0) is 29.8 Å². The number of pyridine rings is 1. The lowest BCUT2D eigenvalue weighted by molar-refractivity contribution is -0.139. The van der Waals surface area contributed by atoms with E-state index in [4.69, 9.17) is 4.74 Å². The highest BCUT2D eigenvalue weighted by molar-refractivity contribution is 5.76. The fourth-order valence-electron chi connectivity index (χ4n) is 3.78. The Kier molecular flexibility index (Phi) is 6.55. The third-order valence-corrected chi connectivity index (χ3v) is 5.39. The highest BCUT2D eigenvalue weighted by atomic mass is 19.4. The Hall–Kier alpha value is -3.20. The van der Waals surface area contributed by atoms with Gasteiger partial charge in [0.2, 0.25) is 5.91 Å².